The maximum atomic E-state index is 13.3. The highest BCUT2D eigenvalue weighted by Gasteiger charge is 2.50. The Morgan fingerprint density at radius 1 is 1.25 bits per heavy atom. The van der Waals surface area contributed by atoms with E-state index in [1.165, 1.54) is 11.3 Å². The van der Waals surface area contributed by atoms with Crippen molar-refractivity contribution < 1.29 is 9.59 Å². The molecule has 1 atom stereocenters. The number of piperidine rings is 2. The summed E-state index contributed by atoms with van der Waals surface area (Å²) in [4.78, 5) is 37.5. The van der Waals surface area contributed by atoms with Crippen LogP contribution in [0.15, 0.2) is 29.3 Å². The molecule has 32 heavy (non-hydrogen) atoms. The second kappa shape index (κ2) is 8.15. The minimum Gasteiger partial charge on any atom is -0.390 e. The number of benzene rings is 1. The maximum Gasteiger partial charge on any atom is 0.257 e. The van der Waals surface area contributed by atoms with E-state index in [2.05, 4.69) is 4.90 Å². The van der Waals surface area contributed by atoms with Gasteiger partial charge in [-0.05, 0) is 52.1 Å². The van der Waals surface area contributed by atoms with Crippen molar-refractivity contribution in [3.05, 3.63) is 29.8 Å². The number of hydrogen-bond donors (Lipinski definition) is 1. The van der Waals surface area contributed by atoms with Crippen LogP contribution in [-0.2, 0) is 4.79 Å². The van der Waals surface area contributed by atoms with Gasteiger partial charge in [-0.2, -0.15) is 0 Å². The van der Waals surface area contributed by atoms with E-state index < -0.39 is 5.54 Å². The van der Waals surface area contributed by atoms with Gasteiger partial charge in [-0.3, -0.25) is 24.4 Å². The van der Waals surface area contributed by atoms with E-state index >= 15 is 0 Å². The summed E-state index contributed by atoms with van der Waals surface area (Å²) in [5.74, 6) is 1.05. The lowest BCUT2D eigenvalue weighted by Crippen LogP contribution is -2.57. The number of nitrogen functional groups attached to an aromatic ring is 1. The van der Waals surface area contributed by atoms with E-state index in [1.54, 1.807) is 0 Å². The first-order chi connectivity index (χ1) is 15.4. The number of rotatable bonds is 3. The van der Waals surface area contributed by atoms with Crippen LogP contribution in [0, 0.1) is 0 Å². The summed E-state index contributed by atoms with van der Waals surface area (Å²) in [5.41, 5.74) is 6.29. The summed E-state index contributed by atoms with van der Waals surface area (Å²) >= 11 is 1.48. The number of likely N-dealkylation sites (tertiary alicyclic amines) is 2. The van der Waals surface area contributed by atoms with Crippen LogP contribution in [0.4, 0.5) is 5.00 Å². The zero-order valence-electron chi connectivity index (χ0n) is 18.8. The molecule has 1 unspecified atom stereocenters. The van der Waals surface area contributed by atoms with Crippen molar-refractivity contribution in [2.24, 2.45) is 4.99 Å². The normalized spacial score (nSPS) is 25.2. The van der Waals surface area contributed by atoms with E-state index in [4.69, 9.17) is 10.7 Å². The van der Waals surface area contributed by atoms with Gasteiger partial charge in [0, 0.05) is 42.3 Å². The fourth-order valence-corrected chi connectivity index (χ4v) is 6.67. The molecule has 2 amide bonds. The zero-order valence-corrected chi connectivity index (χ0v) is 19.7. The first-order valence-electron chi connectivity index (χ1n) is 11.6. The maximum absolute atomic E-state index is 13.3. The largest absolute Gasteiger partial charge is 0.390 e. The van der Waals surface area contributed by atoms with Gasteiger partial charge in [0.1, 0.15) is 5.84 Å². The third-order valence-electron chi connectivity index (χ3n) is 7.33. The van der Waals surface area contributed by atoms with Crippen LogP contribution in [0.25, 0.3) is 10.1 Å². The van der Waals surface area contributed by atoms with E-state index in [0.29, 0.717) is 42.8 Å². The lowest BCUT2D eigenvalue weighted by atomic mass is 9.87. The molecule has 5 rings (SSSR count). The van der Waals surface area contributed by atoms with Crippen LogP contribution in [0.5, 0.6) is 0 Å². The second-order valence-corrected chi connectivity index (χ2v) is 10.3. The average molecular weight is 454 g/mol. The molecule has 7 nitrogen and oxygen atoms in total. The van der Waals surface area contributed by atoms with Gasteiger partial charge in [0.05, 0.1) is 10.6 Å². The van der Waals surface area contributed by atoms with Crippen LogP contribution in [0.3, 0.4) is 0 Å². The number of anilines is 1. The first-order valence-corrected chi connectivity index (χ1v) is 12.4. The van der Waals surface area contributed by atoms with Crippen molar-refractivity contribution in [2.45, 2.75) is 51.1 Å². The summed E-state index contributed by atoms with van der Waals surface area (Å²) in [6.45, 7) is 7.75. The number of nitrogens with two attached hydrogens (primary N) is 1. The number of fused-ring (bicyclic) bond motifs is 1. The Hall–Kier alpha value is -2.45. The Morgan fingerprint density at radius 3 is 2.72 bits per heavy atom. The van der Waals surface area contributed by atoms with Crippen molar-refractivity contribution in [2.75, 3.05) is 38.5 Å². The van der Waals surface area contributed by atoms with Crippen LogP contribution in [-0.4, -0.2) is 76.7 Å². The minimum atomic E-state index is -0.602. The lowest BCUT2D eigenvalue weighted by molar-refractivity contribution is -0.133. The number of nitrogens with zero attached hydrogens (tertiary/aromatic N) is 4. The van der Waals surface area contributed by atoms with E-state index in [0.717, 1.165) is 48.1 Å². The molecule has 2 aromatic rings. The molecule has 1 aromatic carbocycles. The molecule has 8 heteroatoms. The molecule has 2 saturated heterocycles. The summed E-state index contributed by atoms with van der Waals surface area (Å²) in [7, 11) is 0. The molecule has 4 heterocycles. The molecule has 0 aliphatic carbocycles. The Kier molecular flexibility index (Phi) is 5.45. The summed E-state index contributed by atoms with van der Waals surface area (Å²) in [6, 6.07) is 8.31. The summed E-state index contributed by atoms with van der Waals surface area (Å²) < 4.78 is 1.06. The topological polar surface area (TPSA) is 82.2 Å². The number of carbonyl (C=O) groups is 2. The number of likely N-dealkylation sites (N-methyl/N-ethyl adjacent to an activating group) is 1. The number of amides is 2. The van der Waals surface area contributed by atoms with Crippen LogP contribution in [0.1, 0.15) is 49.9 Å². The Balaban J connectivity index is 1.26. The smallest absolute Gasteiger partial charge is 0.257 e. The van der Waals surface area contributed by atoms with Gasteiger partial charge in [-0.15, -0.1) is 11.3 Å². The minimum absolute atomic E-state index is 0.0401. The van der Waals surface area contributed by atoms with Gasteiger partial charge < -0.3 is 10.6 Å². The third-order valence-corrected chi connectivity index (χ3v) is 8.33. The standard InChI is InChI=1S/C24H31N5O2S/c1-3-29-16(2)26-24(23(29)31)11-6-12-28(15-24)17-9-13-27(14-10-17)22(30)20-18-7-4-5-8-19(18)32-21(20)25/h4-5,7-8,17H,3,6,9-15,25H2,1-2H3. The lowest BCUT2D eigenvalue weighted by Gasteiger charge is -2.44. The highest BCUT2D eigenvalue weighted by atomic mass is 32.1. The van der Waals surface area contributed by atoms with E-state index in [-0.39, 0.29) is 11.8 Å². The summed E-state index contributed by atoms with van der Waals surface area (Å²) in [6.07, 6.45) is 3.64. The average Bonchev–Trinajstić information content (AvgIpc) is 3.25. The fraction of sp³-hybridized carbons (Fsp3) is 0.542. The Morgan fingerprint density at radius 2 is 2.00 bits per heavy atom. The van der Waals surface area contributed by atoms with Crippen molar-refractivity contribution in [1.82, 2.24) is 14.7 Å². The molecule has 3 aliphatic rings. The predicted molar refractivity (Wildman–Crippen MR) is 129 cm³/mol. The third kappa shape index (κ3) is 3.40. The van der Waals surface area contributed by atoms with Crippen molar-refractivity contribution in [1.29, 1.82) is 0 Å². The molecule has 170 valence electrons. The van der Waals surface area contributed by atoms with Gasteiger partial charge >= 0.3 is 0 Å². The molecule has 3 aliphatic heterocycles. The van der Waals surface area contributed by atoms with Gasteiger partial charge in [-0.1, -0.05) is 18.2 Å². The number of aliphatic imine (C=N–C) groups is 1. The van der Waals surface area contributed by atoms with Gasteiger partial charge in [0.25, 0.3) is 11.8 Å². The molecule has 2 N–H and O–H groups in total. The summed E-state index contributed by atoms with van der Waals surface area (Å²) in [5, 5.41) is 1.55. The second-order valence-electron chi connectivity index (χ2n) is 9.17. The highest BCUT2D eigenvalue weighted by Crippen LogP contribution is 2.36. The molecular formula is C24H31N5O2S. The molecule has 0 radical (unpaired) electrons. The van der Waals surface area contributed by atoms with Crippen LogP contribution >= 0.6 is 11.3 Å². The van der Waals surface area contributed by atoms with Gasteiger partial charge in [-0.25, -0.2) is 0 Å². The Bertz CT molecular complexity index is 1090. The van der Waals surface area contributed by atoms with Crippen LogP contribution in [0.2, 0.25) is 0 Å². The van der Waals surface area contributed by atoms with E-state index in [9.17, 15) is 9.59 Å². The number of hydrogen-bond acceptors (Lipinski definition) is 6. The predicted octanol–water partition coefficient (Wildman–Crippen LogP) is 3.20. The zero-order chi connectivity index (χ0) is 22.5. The molecule has 1 aromatic heterocycles. The van der Waals surface area contributed by atoms with Gasteiger partial charge in [0.2, 0.25) is 0 Å². The van der Waals surface area contributed by atoms with Crippen LogP contribution < -0.4 is 5.73 Å². The Labute approximate surface area is 192 Å². The number of amidine groups is 1. The molecular weight excluding hydrogens is 422 g/mol. The quantitative estimate of drug-likeness (QED) is 0.774. The molecule has 1 spiro atoms. The molecule has 2 fully saturated rings. The SMILES string of the molecule is CCN1C(=O)C2(CCCN(C3CCN(C(=O)c4c(N)sc5ccccc45)CC3)C2)N=C1C. The number of thiophene rings is 1. The fourth-order valence-electron chi connectivity index (χ4n) is 5.71. The monoisotopic (exact) mass is 453 g/mol. The first kappa shape index (κ1) is 21.4. The van der Waals surface area contributed by atoms with E-state index in [1.807, 2.05) is 47.9 Å². The van der Waals surface area contributed by atoms with Gasteiger partial charge in [0.15, 0.2) is 5.54 Å². The number of carbonyl (C=O) groups excluding carboxylic acids is 2. The molecule has 0 saturated carbocycles. The highest BCUT2D eigenvalue weighted by molar-refractivity contribution is 7.23. The molecule has 0 bridgehead atoms. The van der Waals surface area contributed by atoms with Crippen molar-refractivity contribution in [3.63, 3.8) is 0 Å². The van der Waals surface area contributed by atoms with Crippen molar-refractivity contribution in [3.8, 4) is 0 Å². The van der Waals surface area contributed by atoms with Crippen molar-refractivity contribution >= 4 is 44.1 Å².